The van der Waals surface area contributed by atoms with Crippen LogP contribution in [0, 0.1) is 5.92 Å². The number of nitrogens with one attached hydrogen (secondary N) is 1. The number of hydrogen-bond donors (Lipinski definition) is 1. The van der Waals surface area contributed by atoms with Gasteiger partial charge in [0.1, 0.15) is 18.1 Å². The molecule has 2 rings (SSSR count). The van der Waals surface area contributed by atoms with Gasteiger partial charge in [0.2, 0.25) is 11.8 Å². The second-order valence-corrected chi connectivity index (χ2v) is 6.72. The third-order valence-electron chi connectivity index (χ3n) is 4.55. The van der Waals surface area contributed by atoms with E-state index in [1.807, 2.05) is 26.0 Å². The van der Waals surface area contributed by atoms with Crippen molar-refractivity contribution in [1.82, 2.24) is 10.2 Å². The van der Waals surface area contributed by atoms with Gasteiger partial charge in [-0.3, -0.25) is 9.59 Å². The topological polar surface area (TPSA) is 77.1 Å². The minimum atomic E-state index is -0.347. The summed E-state index contributed by atoms with van der Waals surface area (Å²) < 4.78 is 15.7. The molecular weight excluding hydrogens is 336 g/mol. The van der Waals surface area contributed by atoms with Crippen molar-refractivity contribution in [2.24, 2.45) is 5.92 Å². The molecule has 2 unspecified atom stereocenters. The average molecular weight is 364 g/mol. The Bertz CT molecular complexity index is 647. The Morgan fingerprint density at radius 1 is 1.19 bits per heavy atom. The highest BCUT2D eigenvalue weighted by molar-refractivity contribution is 5.84. The van der Waals surface area contributed by atoms with E-state index in [1.165, 1.54) is 7.11 Å². The van der Waals surface area contributed by atoms with Crippen molar-refractivity contribution < 1.29 is 23.8 Å². The largest absolute Gasteiger partial charge is 0.497 e. The van der Waals surface area contributed by atoms with Crippen LogP contribution in [-0.2, 0) is 14.3 Å². The van der Waals surface area contributed by atoms with E-state index in [0.29, 0.717) is 24.6 Å². The zero-order valence-corrected chi connectivity index (χ0v) is 16.1. The first-order valence-corrected chi connectivity index (χ1v) is 8.70. The maximum absolute atomic E-state index is 12.7. The molecule has 1 N–H and O–H groups in total. The molecule has 7 nitrogen and oxygen atoms in total. The zero-order valence-electron chi connectivity index (χ0n) is 16.1. The number of hydrogen-bond acceptors (Lipinski definition) is 5. The molecule has 0 spiro atoms. The predicted molar refractivity (Wildman–Crippen MR) is 97.5 cm³/mol. The standard InChI is InChI=1S/C19H28N2O5/c1-12(2)20-19(23)16-10-21(18(22)11-24-3)9-15(16)14-7-6-13(25-4)8-17(14)26-5/h6-8,12,15-16H,9-11H2,1-5H3,(H,20,23). The Morgan fingerprint density at radius 3 is 2.50 bits per heavy atom. The van der Waals surface area contributed by atoms with Gasteiger partial charge in [0.05, 0.1) is 20.1 Å². The number of benzene rings is 1. The van der Waals surface area contributed by atoms with E-state index in [-0.39, 0.29) is 36.3 Å². The highest BCUT2D eigenvalue weighted by Gasteiger charge is 2.41. The van der Waals surface area contributed by atoms with Crippen molar-refractivity contribution in [2.45, 2.75) is 25.8 Å². The van der Waals surface area contributed by atoms with Crippen molar-refractivity contribution in [3.8, 4) is 11.5 Å². The Kier molecular flexibility index (Phi) is 6.85. The second-order valence-electron chi connectivity index (χ2n) is 6.72. The summed E-state index contributed by atoms with van der Waals surface area (Å²) in [6, 6.07) is 5.58. The van der Waals surface area contributed by atoms with Crippen LogP contribution in [0.2, 0.25) is 0 Å². The smallest absolute Gasteiger partial charge is 0.248 e. The summed E-state index contributed by atoms with van der Waals surface area (Å²) in [5.74, 6) is 0.646. The third-order valence-corrected chi connectivity index (χ3v) is 4.55. The molecule has 1 aliphatic rings. The molecule has 1 aromatic rings. The quantitative estimate of drug-likeness (QED) is 0.792. The highest BCUT2D eigenvalue weighted by Crippen LogP contribution is 2.39. The van der Waals surface area contributed by atoms with Gasteiger partial charge in [-0.2, -0.15) is 0 Å². The van der Waals surface area contributed by atoms with Gasteiger partial charge in [-0.1, -0.05) is 6.07 Å². The SMILES string of the molecule is COCC(=O)N1CC(C(=O)NC(C)C)C(c2ccc(OC)cc2OC)C1. The number of amides is 2. The van der Waals surface area contributed by atoms with Crippen LogP contribution in [-0.4, -0.2) is 63.8 Å². The van der Waals surface area contributed by atoms with Crippen molar-refractivity contribution in [3.05, 3.63) is 23.8 Å². The molecule has 0 aliphatic carbocycles. The summed E-state index contributed by atoms with van der Waals surface area (Å²) in [5, 5.41) is 2.96. The Labute approximate surface area is 154 Å². The molecule has 1 fully saturated rings. The number of likely N-dealkylation sites (tertiary alicyclic amines) is 1. The fraction of sp³-hybridized carbons (Fsp3) is 0.579. The number of methoxy groups -OCH3 is 3. The summed E-state index contributed by atoms with van der Waals surface area (Å²) in [5.41, 5.74) is 0.893. The molecule has 26 heavy (non-hydrogen) atoms. The molecule has 2 atom stereocenters. The summed E-state index contributed by atoms with van der Waals surface area (Å²) in [4.78, 5) is 26.7. The van der Waals surface area contributed by atoms with Gasteiger partial charge >= 0.3 is 0 Å². The van der Waals surface area contributed by atoms with Crippen LogP contribution in [0.1, 0.15) is 25.3 Å². The first-order chi connectivity index (χ1) is 12.4. The Morgan fingerprint density at radius 2 is 1.92 bits per heavy atom. The van der Waals surface area contributed by atoms with E-state index >= 15 is 0 Å². The van der Waals surface area contributed by atoms with Crippen molar-refractivity contribution in [2.75, 3.05) is 41.0 Å². The predicted octanol–water partition coefficient (Wildman–Crippen LogP) is 1.42. The number of carbonyl (C=O) groups is 2. The highest BCUT2D eigenvalue weighted by atomic mass is 16.5. The summed E-state index contributed by atoms with van der Waals surface area (Å²) >= 11 is 0. The van der Waals surface area contributed by atoms with Crippen LogP contribution in [0.4, 0.5) is 0 Å². The van der Waals surface area contributed by atoms with Crippen LogP contribution in [0.25, 0.3) is 0 Å². The molecule has 7 heteroatoms. The first kappa shape index (κ1) is 20.0. The summed E-state index contributed by atoms with van der Waals surface area (Å²) in [7, 11) is 4.67. The molecule has 144 valence electrons. The fourth-order valence-electron chi connectivity index (χ4n) is 3.32. The van der Waals surface area contributed by atoms with E-state index < -0.39 is 0 Å². The van der Waals surface area contributed by atoms with Gasteiger partial charge in [0.25, 0.3) is 0 Å². The number of carbonyl (C=O) groups excluding carboxylic acids is 2. The number of nitrogens with zero attached hydrogens (tertiary/aromatic N) is 1. The van der Waals surface area contributed by atoms with Gasteiger partial charge in [0.15, 0.2) is 0 Å². The van der Waals surface area contributed by atoms with Crippen LogP contribution < -0.4 is 14.8 Å². The first-order valence-electron chi connectivity index (χ1n) is 8.70. The lowest BCUT2D eigenvalue weighted by molar-refractivity contribution is -0.134. The molecule has 0 saturated carbocycles. The van der Waals surface area contributed by atoms with Gasteiger partial charge < -0.3 is 24.4 Å². The van der Waals surface area contributed by atoms with E-state index in [4.69, 9.17) is 14.2 Å². The molecule has 0 radical (unpaired) electrons. The van der Waals surface area contributed by atoms with Crippen molar-refractivity contribution >= 4 is 11.8 Å². The van der Waals surface area contributed by atoms with E-state index in [0.717, 1.165) is 5.56 Å². The fourth-order valence-corrected chi connectivity index (χ4v) is 3.32. The molecule has 1 aromatic carbocycles. The molecular formula is C19H28N2O5. The average Bonchev–Trinajstić information content (AvgIpc) is 3.06. The third kappa shape index (κ3) is 4.46. The minimum absolute atomic E-state index is 0.00495. The maximum atomic E-state index is 12.7. The van der Waals surface area contributed by atoms with Crippen LogP contribution >= 0.6 is 0 Å². The van der Waals surface area contributed by atoms with Gasteiger partial charge in [-0.15, -0.1) is 0 Å². The lowest BCUT2D eigenvalue weighted by Gasteiger charge is -2.21. The molecule has 0 bridgehead atoms. The van der Waals surface area contributed by atoms with Crippen LogP contribution in [0.3, 0.4) is 0 Å². The Balaban J connectivity index is 2.35. The van der Waals surface area contributed by atoms with Gasteiger partial charge in [-0.05, 0) is 19.9 Å². The molecule has 0 aromatic heterocycles. The van der Waals surface area contributed by atoms with Crippen molar-refractivity contribution in [3.63, 3.8) is 0 Å². The van der Waals surface area contributed by atoms with Crippen molar-refractivity contribution in [1.29, 1.82) is 0 Å². The Hall–Kier alpha value is -2.28. The van der Waals surface area contributed by atoms with Crippen LogP contribution in [0.5, 0.6) is 11.5 Å². The van der Waals surface area contributed by atoms with Gasteiger partial charge in [-0.25, -0.2) is 0 Å². The minimum Gasteiger partial charge on any atom is -0.497 e. The normalized spacial score (nSPS) is 19.5. The van der Waals surface area contributed by atoms with E-state index in [1.54, 1.807) is 25.2 Å². The molecule has 1 heterocycles. The summed E-state index contributed by atoms with van der Waals surface area (Å²) in [6.45, 7) is 4.65. The second kappa shape index (κ2) is 8.89. The molecule has 1 aliphatic heterocycles. The van der Waals surface area contributed by atoms with E-state index in [9.17, 15) is 9.59 Å². The molecule has 2 amide bonds. The number of ether oxygens (including phenoxy) is 3. The summed E-state index contributed by atoms with van der Waals surface area (Å²) in [6.07, 6.45) is 0. The van der Waals surface area contributed by atoms with Gasteiger partial charge in [0, 0.05) is 43.8 Å². The lowest BCUT2D eigenvalue weighted by Crippen LogP contribution is -2.39. The number of rotatable bonds is 7. The zero-order chi connectivity index (χ0) is 19.3. The van der Waals surface area contributed by atoms with Crippen LogP contribution in [0.15, 0.2) is 18.2 Å². The van der Waals surface area contributed by atoms with E-state index in [2.05, 4.69) is 5.32 Å². The maximum Gasteiger partial charge on any atom is 0.248 e. The lowest BCUT2D eigenvalue weighted by atomic mass is 9.87. The molecule has 1 saturated heterocycles. The monoisotopic (exact) mass is 364 g/mol.